The lowest BCUT2D eigenvalue weighted by Crippen LogP contribution is -2.36. The molecule has 1 atom stereocenters. The van der Waals surface area contributed by atoms with Crippen LogP contribution in [0.15, 0.2) is 30.3 Å². The standard InChI is InChI=1S/C13H15NO3S2/c1-9(8-19(2,16)17)14-13(15)12-7-10-5-3-4-6-11(10)18-12/h3-7,9H,8H2,1-2H3,(H,14,15)/t9-/m1/s1. The van der Waals surface area contributed by atoms with Crippen LogP contribution in [0.5, 0.6) is 0 Å². The summed E-state index contributed by atoms with van der Waals surface area (Å²) in [6.45, 7) is 1.69. The first-order valence-electron chi connectivity index (χ1n) is 5.82. The predicted molar refractivity (Wildman–Crippen MR) is 78.5 cm³/mol. The van der Waals surface area contributed by atoms with Crippen LogP contribution >= 0.6 is 11.3 Å². The van der Waals surface area contributed by atoms with Gasteiger partial charge in [0.25, 0.3) is 5.91 Å². The van der Waals surface area contributed by atoms with Gasteiger partial charge in [-0.05, 0) is 24.4 Å². The highest BCUT2D eigenvalue weighted by Crippen LogP contribution is 2.25. The van der Waals surface area contributed by atoms with Gasteiger partial charge in [-0.25, -0.2) is 8.42 Å². The molecule has 2 rings (SSSR count). The van der Waals surface area contributed by atoms with Gasteiger partial charge >= 0.3 is 0 Å². The molecule has 1 aromatic heterocycles. The quantitative estimate of drug-likeness (QED) is 0.939. The number of sulfone groups is 1. The van der Waals surface area contributed by atoms with Crippen LogP contribution in [0.2, 0.25) is 0 Å². The Morgan fingerprint density at radius 3 is 2.68 bits per heavy atom. The van der Waals surface area contributed by atoms with E-state index in [0.717, 1.165) is 16.3 Å². The lowest BCUT2D eigenvalue weighted by molar-refractivity contribution is 0.0948. The third-order valence-corrected chi connectivity index (χ3v) is 4.80. The number of carbonyl (C=O) groups is 1. The zero-order chi connectivity index (χ0) is 14.0. The van der Waals surface area contributed by atoms with Gasteiger partial charge in [0.1, 0.15) is 9.84 Å². The molecule has 0 saturated heterocycles. The second kappa shape index (κ2) is 5.30. The molecule has 1 aromatic carbocycles. The van der Waals surface area contributed by atoms with E-state index in [2.05, 4.69) is 5.32 Å². The highest BCUT2D eigenvalue weighted by Gasteiger charge is 2.16. The third-order valence-electron chi connectivity index (χ3n) is 2.58. The Bertz CT molecular complexity index is 671. The van der Waals surface area contributed by atoms with Crippen LogP contribution in [-0.4, -0.2) is 32.4 Å². The number of thiophene rings is 1. The zero-order valence-electron chi connectivity index (χ0n) is 10.7. The van der Waals surface area contributed by atoms with Gasteiger partial charge in [-0.15, -0.1) is 11.3 Å². The van der Waals surface area contributed by atoms with Gasteiger partial charge in [0.05, 0.1) is 10.6 Å². The minimum atomic E-state index is -3.09. The fourth-order valence-electron chi connectivity index (χ4n) is 1.88. The van der Waals surface area contributed by atoms with Crippen molar-refractivity contribution in [2.45, 2.75) is 13.0 Å². The molecule has 0 aliphatic rings. The Labute approximate surface area is 116 Å². The van der Waals surface area contributed by atoms with Crippen molar-refractivity contribution in [2.24, 2.45) is 0 Å². The average molecular weight is 297 g/mol. The average Bonchev–Trinajstić information content (AvgIpc) is 2.69. The number of nitrogens with one attached hydrogen (secondary N) is 1. The van der Waals surface area contributed by atoms with Crippen molar-refractivity contribution < 1.29 is 13.2 Å². The Kier molecular flexibility index (Phi) is 3.91. The first kappa shape index (κ1) is 14.0. The van der Waals surface area contributed by atoms with E-state index in [1.807, 2.05) is 30.3 Å². The Morgan fingerprint density at radius 2 is 2.05 bits per heavy atom. The minimum Gasteiger partial charge on any atom is -0.348 e. The zero-order valence-corrected chi connectivity index (χ0v) is 12.3. The van der Waals surface area contributed by atoms with Gasteiger partial charge in [-0.1, -0.05) is 18.2 Å². The van der Waals surface area contributed by atoms with E-state index in [1.165, 1.54) is 11.3 Å². The van der Waals surface area contributed by atoms with E-state index >= 15 is 0 Å². The molecule has 0 saturated carbocycles. The summed E-state index contributed by atoms with van der Waals surface area (Å²) in [5.41, 5.74) is 0. The molecule has 6 heteroatoms. The molecule has 0 unspecified atom stereocenters. The van der Waals surface area contributed by atoms with Gasteiger partial charge in [0, 0.05) is 17.0 Å². The van der Waals surface area contributed by atoms with E-state index in [9.17, 15) is 13.2 Å². The number of rotatable bonds is 4. The van der Waals surface area contributed by atoms with Crippen molar-refractivity contribution in [3.05, 3.63) is 35.2 Å². The van der Waals surface area contributed by atoms with Crippen LogP contribution in [0.1, 0.15) is 16.6 Å². The predicted octanol–water partition coefficient (Wildman–Crippen LogP) is 2.06. The summed E-state index contributed by atoms with van der Waals surface area (Å²) in [4.78, 5) is 12.6. The number of hydrogen-bond donors (Lipinski definition) is 1. The van der Waals surface area contributed by atoms with Crippen molar-refractivity contribution in [1.29, 1.82) is 0 Å². The molecule has 102 valence electrons. The lowest BCUT2D eigenvalue weighted by Gasteiger charge is -2.11. The number of fused-ring (bicyclic) bond motifs is 1. The largest absolute Gasteiger partial charge is 0.348 e. The molecule has 1 amide bonds. The molecule has 4 nitrogen and oxygen atoms in total. The number of benzene rings is 1. The monoisotopic (exact) mass is 297 g/mol. The molecular formula is C13H15NO3S2. The van der Waals surface area contributed by atoms with Gasteiger partial charge in [0.15, 0.2) is 0 Å². The summed E-state index contributed by atoms with van der Waals surface area (Å²) >= 11 is 1.40. The first-order valence-corrected chi connectivity index (χ1v) is 8.70. The van der Waals surface area contributed by atoms with E-state index in [0.29, 0.717) is 4.88 Å². The van der Waals surface area contributed by atoms with Crippen LogP contribution in [0.4, 0.5) is 0 Å². The smallest absolute Gasteiger partial charge is 0.261 e. The molecule has 0 aliphatic heterocycles. The topological polar surface area (TPSA) is 63.2 Å². The van der Waals surface area contributed by atoms with E-state index in [1.54, 1.807) is 6.92 Å². The number of amides is 1. The molecule has 0 bridgehead atoms. The third kappa shape index (κ3) is 3.78. The second-order valence-corrected chi connectivity index (χ2v) is 7.88. The van der Waals surface area contributed by atoms with Crippen molar-refractivity contribution >= 4 is 37.2 Å². The maximum Gasteiger partial charge on any atom is 0.261 e. The summed E-state index contributed by atoms with van der Waals surface area (Å²) in [5, 5.41) is 3.73. The summed E-state index contributed by atoms with van der Waals surface area (Å²) < 4.78 is 23.3. The first-order chi connectivity index (χ1) is 8.85. The normalized spacial score (nSPS) is 13.4. The Balaban J connectivity index is 2.11. The molecule has 0 fully saturated rings. The summed E-state index contributed by atoms with van der Waals surface area (Å²) in [6.07, 6.45) is 1.16. The molecule has 2 aromatic rings. The van der Waals surface area contributed by atoms with E-state index < -0.39 is 15.9 Å². The Morgan fingerprint density at radius 1 is 1.37 bits per heavy atom. The fraction of sp³-hybridized carbons (Fsp3) is 0.308. The van der Waals surface area contributed by atoms with E-state index in [4.69, 9.17) is 0 Å². The Hall–Kier alpha value is -1.40. The number of hydrogen-bond acceptors (Lipinski definition) is 4. The lowest BCUT2D eigenvalue weighted by atomic mass is 10.2. The molecule has 19 heavy (non-hydrogen) atoms. The van der Waals surface area contributed by atoms with Gasteiger partial charge in [0.2, 0.25) is 0 Å². The minimum absolute atomic E-state index is 0.0519. The molecule has 0 radical (unpaired) electrons. The molecular weight excluding hydrogens is 282 g/mol. The van der Waals surface area contributed by atoms with Crippen LogP contribution in [-0.2, 0) is 9.84 Å². The van der Waals surface area contributed by atoms with Gasteiger partial charge in [-0.2, -0.15) is 0 Å². The van der Waals surface area contributed by atoms with Crippen molar-refractivity contribution in [3.8, 4) is 0 Å². The van der Waals surface area contributed by atoms with Crippen LogP contribution in [0.25, 0.3) is 10.1 Å². The molecule has 1 N–H and O–H groups in total. The second-order valence-electron chi connectivity index (χ2n) is 4.62. The van der Waals surface area contributed by atoms with Gasteiger partial charge in [-0.3, -0.25) is 4.79 Å². The molecule has 0 spiro atoms. The summed E-state index contributed by atoms with van der Waals surface area (Å²) in [7, 11) is -3.09. The highest BCUT2D eigenvalue weighted by molar-refractivity contribution is 7.90. The number of carbonyl (C=O) groups excluding carboxylic acids is 1. The van der Waals surface area contributed by atoms with E-state index in [-0.39, 0.29) is 11.7 Å². The summed E-state index contributed by atoms with van der Waals surface area (Å²) in [5.74, 6) is -0.277. The SMILES string of the molecule is C[C@H](CS(C)(=O)=O)NC(=O)c1cc2ccccc2s1. The molecule has 1 heterocycles. The van der Waals surface area contributed by atoms with Crippen LogP contribution < -0.4 is 5.32 Å². The maximum atomic E-state index is 12.0. The van der Waals surface area contributed by atoms with Crippen molar-refractivity contribution in [2.75, 3.05) is 12.0 Å². The highest BCUT2D eigenvalue weighted by atomic mass is 32.2. The van der Waals surface area contributed by atoms with Crippen LogP contribution in [0.3, 0.4) is 0 Å². The van der Waals surface area contributed by atoms with Crippen LogP contribution in [0, 0.1) is 0 Å². The fourth-order valence-corrected chi connectivity index (χ4v) is 3.84. The van der Waals surface area contributed by atoms with Crippen molar-refractivity contribution in [3.63, 3.8) is 0 Å². The maximum absolute atomic E-state index is 12.0. The summed E-state index contributed by atoms with van der Waals surface area (Å²) in [6, 6.07) is 9.17. The van der Waals surface area contributed by atoms with Crippen molar-refractivity contribution in [1.82, 2.24) is 5.32 Å². The van der Waals surface area contributed by atoms with Gasteiger partial charge < -0.3 is 5.32 Å². The molecule has 0 aliphatic carbocycles.